The molecule has 3 N–H and O–H groups in total. The molecule has 1 saturated heterocycles. The zero-order valence-electron chi connectivity index (χ0n) is 9.57. The molecule has 0 radical (unpaired) electrons. The first-order valence-corrected chi connectivity index (χ1v) is 5.41. The lowest BCUT2D eigenvalue weighted by Crippen LogP contribution is -2.29. The van der Waals surface area contributed by atoms with Crippen LogP contribution in [0.4, 0.5) is 5.69 Å². The maximum Gasteiger partial charge on any atom is 0.320 e. The van der Waals surface area contributed by atoms with E-state index in [2.05, 4.69) is 5.32 Å². The number of phenolic OH excluding ortho intramolecular Hbond substituents is 1. The molecule has 2 rings (SSSR count). The molecule has 0 saturated carbocycles. The SMILES string of the molecule is O=C(O)[C@@H]1CCCN1.O=[N+]([O-])c1ccccc1O. The van der Waals surface area contributed by atoms with Crippen LogP contribution in [0.15, 0.2) is 24.3 Å². The lowest BCUT2D eigenvalue weighted by Gasteiger charge is -1.99. The Bertz CT molecular complexity index is 429. The van der Waals surface area contributed by atoms with Crippen molar-refractivity contribution in [2.45, 2.75) is 18.9 Å². The van der Waals surface area contributed by atoms with Gasteiger partial charge in [0.2, 0.25) is 0 Å². The monoisotopic (exact) mass is 254 g/mol. The highest BCUT2D eigenvalue weighted by atomic mass is 16.6. The topological polar surface area (TPSA) is 113 Å². The quantitative estimate of drug-likeness (QED) is 0.538. The van der Waals surface area contributed by atoms with Gasteiger partial charge in [0.1, 0.15) is 6.04 Å². The van der Waals surface area contributed by atoms with Gasteiger partial charge >= 0.3 is 11.7 Å². The van der Waals surface area contributed by atoms with E-state index in [4.69, 9.17) is 10.2 Å². The van der Waals surface area contributed by atoms with Crippen LogP contribution in [0.3, 0.4) is 0 Å². The van der Waals surface area contributed by atoms with Gasteiger partial charge in [-0.15, -0.1) is 0 Å². The number of nitro groups is 1. The van der Waals surface area contributed by atoms with Crippen LogP contribution in [-0.2, 0) is 4.79 Å². The molecule has 7 nitrogen and oxygen atoms in total. The number of phenols is 1. The average Bonchev–Trinajstić information content (AvgIpc) is 2.83. The fraction of sp³-hybridized carbons (Fsp3) is 0.364. The number of carboxylic acids is 1. The number of carbonyl (C=O) groups is 1. The van der Waals surface area contributed by atoms with Crippen molar-refractivity contribution in [2.24, 2.45) is 0 Å². The zero-order chi connectivity index (χ0) is 13.5. The fourth-order valence-corrected chi connectivity index (χ4v) is 1.51. The van der Waals surface area contributed by atoms with Crippen LogP contribution in [0.2, 0.25) is 0 Å². The number of rotatable bonds is 2. The van der Waals surface area contributed by atoms with Crippen molar-refractivity contribution < 1.29 is 19.9 Å². The number of carboxylic acid groups (broad SMARTS) is 1. The summed E-state index contributed by atoms with van der Waals surface area (Å²) in [5.41, 5.74) is -0.262. The second-order valence-corrected chi connectivity index (χ2v) is 3.73. The van der Waals surface area contributed by atoms with E-state index in [-0.39, 0.29) is 17.5 Å². The third-order valence-electron chi connectivity index (χ3n) is 2.44. The molecule has 18 heavy (non-hydrogen) atoms. The number of nitrogens with one attached hydrogen (secondary N) is 1. The molecule has 0 spiro atoms. The highest BCUT2D eigenvalue weighted by Crippen LogP contribution is 2.23. The second-order valence-electron chi connectivity index (χ2n) is 3.73. The van der Waals surface area contributed by atoms with Gasteiger partial charge in [-0.05, 0) is 25.5 Å². The van der Waals surface area contributed by atoms with E-state index in [9.17, 15) is 14.9 Å². The van der Waals surface area contributed by atoms with Crippen LogP contribution in [0.1, 0.15) is 12.8 Å². The number of para-hydroxylation sites is 2. The molecular formula is C11H14N2O5. The number of hydrogen-bond acceptors (Lipinski definition) is 5. The Hall–Kier alpha value is -2.15. The molecule has 1 aliphatic rings. The molecule has 0 amide bonds. The molecule has 1 aromatic carbocycles. The van der Waals surface area contributed by atoms with E-state index in [1.807, 2.05) is 0 Å². The van der Waals surface area contributed by atoms with Gasteiger partial charge in [0.25, 0.3) is 0 Å². The smallest absolute Gasteiger partial charge is 0.320 e. The molecule has 0 aliphatic carbocycles. The van der Waals surface area contributed by atoms with E-state index < -0.39 is 10.9 Å². The third kappa shape index (κ3) is 4.02. The number of hydrogen-bond donors (Lipinski definition) is 3. The van der Waals surface area contributed by atoms with Crippen LogP contribution in [0.5, 0.6) is 5.75 Å². The van der Waals surface area contributed by atoms with Crippen molar-refractivity contribution in [3.63, 3.8) is 0 Å². The Balaban J connectivity index is 0.000000184. The predicted octanol–water partition coefficient (Wildman–Crippen LogP) is 1.12. The van der Waals surface area contributed by atoms with Gasteiger partial charge in [-0.2, -0.15) is 0 Å². The summed E-state index contributed by atoms with van der Waals surface area (Å²) in [6, 6.07) is 5.28. The van der Waals surface area contributed by atoms with Crippen LogP contribution < -0.4 is 5.32 Å². The largest absolute Gasteiger partial charge is 0.502 e. The van der Waals surface area contributed by atoms with E-state index in [1.165, 1.54) is 24.3 Å². The summed E-state index contributed by atoms with van der Waals surface area (Å²) < 4.78 is 0. The van der Waals surface area contributed by atoms with Gasteiger partial charge < -0.3 is 15.5 Å². The van der Waals surface area contributed by atoms with Gasteiger partial charge in [0, 0.05) is 6.07 Å². The van der Waals surface area contributed by atoms with Gasteiger partial charge in [0.05, 0.1) is 4.92 Å². The van der Waals surface area contributed by atoms with Crippen LogP contribution in [-0.4, -0.2) is 33.7 Å². The molecule has 98 valence electrons. The van der Waals surface area contributed by atoms with Crippen LogP contribution >= 0.6 is 0 Å². The lowest BCUT2D eigenvalue weighted by molar-refractivity contribution is -0.385. The Morgan fingerprint density at radius 3 is 2.44 bits per heavy atom. The maximum atomic E-state index is 10.1. The summed E-state index contributed by atoms with van der Waals surface area (Å²) in [5.74, 6) is -1.02. The van der Waals surface area contributed by atoms with E-state index in [0.717, 1.165) is 19.4 Å². The molecule has 1 aromatic rings. The van der Waals surface area contributed by atoms with E-state index >= 15 is 0 Å². The number of aliphatic carboxylic acids is 1. The lowest BCUT2D eigenvalue weighted by atomic mass is 10.2. The summed E-state index contributed by atoms with van der Waals surface area (Å²) in [5, 5.41) is 30.1. The van der Waals surface area contributed by atoms with Crippen molar-refractivity contribution in [3.8, 4) is 5.75 Å². The molecule has 1 atom stereocenters. The highest BCUT2D eigenvalue weighted by Gasteiger charge is 2.20. The molecule has 0 unspecified atom stereocenters. The van der Waals surface area contributed by atoms with Gasteiger partial charge in [0.15, 0.2) is 5.75 Å². The molecule has 0 aromatic heterocycles. The first-order chi connectivity index (χ1) is 8.52. The van der Waals surface area contributed by atoms with Crippen LogP contribution in [0, 0.1) is 10.1 Å². The summed E-state index contributed by atoms with van der Waals surface area (Å²) in [6.45, 7) is 0.858. The van der Waals surface area contributed by atoms with Crippen molar-refractivity contribution in [2.75, 3.05) is 6.54 Å². The standard InChI is InChI=1S/C6H5NO3.C5H9NO2/c8-6-4-2-1-3-5(6)7(9)10;7-5(8)4-2-1-3-6-4/h1-4,8H;4,6H,1-3H2,(H,7,8)/t;4-/m.0/s1. The van der Waals surface area contributed by atoms with E-state index in [0.29, 0.717) is 0 Å². The van der Waals surface area contributed by atoms with Crippen molar-refractivity contribution >= 4 is 11.7 Å². The Labute approximate surface area is 103 Å². The minimum absolute atomic E-state index is 0.262. The molecule has 1 aliphatic heterocycles. The first kappa shape index (κ1) is 13.9. The Morgan fingerprint density at radius 2 is 2.11 bits per heavy atom. The minimum Gasteiger partial charge on any atom is -0.502 e. The van der Waals surface area contributed by atoms with Crippen molar-refractivity contribution in [1.82, 2.24) is 5.32 Å². The Kier molecular flexibility index (Phi) is 5.06. The first-order valence-electron chi connectivity index (χ1n) is 5.41. The average molecular weight is 254 g/mol. The Morgan fingerprint density at radius 1 is 1.44 bits per heavy atom. The predicted molar refractivity (Wildman–Crippen MR) is 63.4 cm³/mol. The fourth-order valence-electron chi connectivity index (χ4n) is 1.51. The number of aromatic hydroxyl groups is 1. The van der Waals surface area contributed by atoms with Gasteiger partial charge in [-0.3, -0.25) is 14.9 Å². The van der Waals surface area contributed by atoms with Gasteiger partial charge in [-0.1, -0.05) is 12.1 Å². The molecule has 0 bridgehead atoms. The third-order valence-corrected chi connectivity index (χ3v) is 2.44. The molecule has 7 heteroatoms. The van der Waals surface area contributed by atoms with Gasteiger partial charge in [-0.25, -0.2) is 0 Å². The van der Waals surface area contributed by atoms with Crippen molar-refractivity contribution in [3.05, 3.63) is 34.4 Å². The highest BCUT2D eigenvalue weighted by molar-refractivity contribution is 5.73. The number of nitrogens with zero attached hydrogens (tertiary/aromatic N) is 1. The number of benzene rings is 1. The summed E-state index contributed by atoms with van der Waals surface area (Å²) in [4.78, 5) is 19.6. The minimum atomic E-state index is -0.720. The zero-order valence-corrected chi connectivity index (χ0v) is 9.57. The summed E-state index contributed by atoms with van der Waals surface area (Å²) in [6.07, 6.45) is 1.78. The summed E-state index contributed by atoms with van der Waals surface area (Å²) in [7, 11) is 0. The van der Waals surface area contributed by atoms with Crippen LogP contribution in [0.25, 0.3) is 0 Å². The van der Waals surface area contributed by atoms with Crippen molar-refractivity contribution in [1.29, 1.82) is 0 Å². The van der Waals surface area contributed by atoms with E-state index in [1.54, 1.807) is 0 Å². The summed E-state index contributed by atoms with van der Waals surface area (Å²) >= 11 is 0. The maximum absolute atomic E-state index is 10.1. The normalized spacial score (nSPS) is 17.7. The molecule has 1 fully saturated rings. The second kappa shape index (κ2) is 6.55. The molecule has 1 heterocycles. The molecular weight excluding hydrogens is 240 g/mol. The number of nitro benzene ring substituents is 1.